The number of rotatable bonds is 6. The number of ketones is 1. The first-order chi connectivity index (χ1) is 15.3. The van der Waals surface area contributed by atoms with Crippen molar-refractivity contribution in [3.05, 3.63) is 70.7 Å². The third-order valence-electron chi connectivity index (χ3n) is 5.78. The lowest BCUT2D eigenvalue weighted by Gasteiger charge is -2.25. The van der Waals surface area contributed by atoms with Gasteiger partial charge >= 0.3 is 0 Å². The van der Waals surface area contributed by atoms with E-state index >= 15 is 0 Å². The second-order valence-corrected chi connectivity index (χ2v) is 7.86. The lowest BCUT2D eigenvalue weighted by Crippen LogP contribution is -2.31. The highest BCUT2D eigenvalue weighted by atomic mass is 16.5. The number of phenols is 1. The summed E-state index contributed by atoms with van der Waals surface area (Å²) in [6.07, 6.45) is 2.35. The van der Waals surface area contributed by atoms with E-state index in [-0.39, 0.29) is 29.3 Å². The van der Waals surface area contributed by atoms with Crippen LogP contribution in [0.5, 0.6) is 5.75 Å². The number of fused-ring (bicyclic) bond motifs is 1. The molecule has 8 nitrogen and oxygen atoms in total. The zero-order valence-corrected chi connectivity index (χ0v) is 18.2. The van der Waals surface area contributed by atoms with E-state index < -0.39 is 17.7 Å². The van der Waals surface area contributed by atoms with E-state index in [1.54, 1.807) is 26.2 Å². The molecule has 1 aromatic carbocycles. The van der Waals surface area contributed by atoms with Crippen LogP contribution in [0, 0.1) is 13.8 Å². The zero-order chi connectivity index (χ0) is 23.0. The normalized spacial score (nSPS) is 18.1. The van der Waals surface area contributed by atoms with Gasteiger partial charge < -0.3 is 24.3 Å². The number of benzene rings is 1. The number of imidazole rings is 1. The highest BCUT2D eigenvalue weighted by Crippen LogP contribution is 2.40. The Morgan fingerprint density at radius 3 is 2.66 bits per heavy atom. The number of hydrogen-bond acceptors (Lipinski definition) is 6. The minimum atomic E-state index is -0.843. The summed E-state index contributed by atoms with van der Waals surface area (Å²) in [5.41, 5.74) is 2.97. The average Bonchev–Trinajstić information content (AvgIpc) is 3.24. The number of aliphatic hydroxyl groups is 1. The van der Waals surface area contributed by atoms with Gasteiger partial charge in [0, 0.05) is 26.5 Å². The van der Waals surface area contributed by atoms with E-state index in [4.69, 9.17) is 4.74 Å². The average molecular weight is 435 g/mol. The number of likely N-dealkylation sites (tertiary alicyclic amines) is 1. The Bertz CT molecular complexity index is 1240. The van der Waals surface area contributed by atoms with E-state index in [0.29, 0.717) is 29.9 Å². The van der Waals surface area contributed by atoms with Gasteiger partial charge in [0.2, 0.25) is 0 Å². The van der Waals surface area contributed by atoms with Crippen LogP contribution in [-0.4, -0.2) is 56.4 Å². The number of phenolic OH excluding ortho intramolecular Hbond substituents is 1. The maximum Gasteiger partial charge on any atom is 0.295 e. The molecule has 1 aliphatic rings. The van der Waals surface area contributed by atoms with Crippen LogP contribution < -0.4 is 0 Å². The van der Waals surface area contributed by atoms with E-state index in [9.17, 15) is 19.8 Å². The number of Topliss-reactive ketones (excluding diaryl/α,β-unsaturated/α-hetero) is 1. The number of pyridine rings is 1. The first-order valence-corrected chi connectivity index (χ1v) is 10.4. The monoisotopic (exact) mass is 435 g/mol. The van der Waals surface area contributed by atoms with Gasteiger partial charge in [-0.25, -0.2) is 4.98 Å². The van der Waals surface area contributed by atoms with Gasteiger partial charge in [-0.1, -0.05) is 18.2 Å². The number of methoxy groups -OCH3 is 1. The predicted octanol–water partition coefficient (Wildman–Crippen LogP) is 3.11. The van der Waals surface area contributed by atoms with Gasteiger partial charge in [-0.3, -0.25) is 9.59 Å². The van der Waals surface area contributed by atoms with Gasteiger partial charge in [-0.2, -0.15) is 0 Å². The molecule has 0 bridgehead atoms. The third kappa shape index (κ3) is 3.52. The molecule has 3 aromatic rings. The number of aromatic nitrogens is 2. The standard InChI is InChI=1S/C24H25N3O5/c1-14-7-5-10-26-15(2)19(25-23(14)26)21(29)18-20(16-8-4-9-17(28)13-16)27(11-6-12-32-3)24(31)22(18)30/h4-5,7-10,13,20,28-29H,6,11-12H2,1-3H3. The molecule has 1 saturated heterocycles. The van der Waals surface area contributed by atoms with Gasteiger partial charge in [0.25, 0.3) is 11.7 Å². The number of ether oxygens (including phenoxy) is 1. The summed E-state index contributed by atoms with van der Waals surface area (Å²) in [5.74, 6) is -1.80. The van der Waals surface area contributed by atoms with Gasteiger partial charge in [0.15, 0.2) is 5.76 Å². The molecule has 1 atom stereocenters. The van der Waals surface area contributed by atoms with E-state index in [2.05, 4.69) is 4.98 Å². The van der Waals surface area contributed by atoms with Crippen LogP contribution in [-0.2, 0) is 14.3 Å². The Labute approximate surface area is 185 Å². The lowest BCUT2D eigenvalue weighted by atomic mass is 9.96. The summed E-state index contributed by atoms with van der Waals surface area (Å²) >= 11 is 0. The molecule has 4 rings (SSSR count). The predicted molar refractivity (Wildman–Crippen MR) is 118 cm³/mol. The topological polar surface area (TPSA) is 104 Å². The molecular weight excluding hydrogens is 410 g/mol. The molecule has 0 saturated carbocycles. The van der Waals surface area contributed by atoms with Crippen molar-refractivity contribution in [2.24, 2.45) is 0 Å². The SMILES string of the molecule is COCCCN1C(=O)C(=O)C(=C(O)c2nc3c(C)cccn3c2C)C1c1cccc(O)c1. The van der Waals surface area contributed by atoms with Gasteiger partial charge in [0.1, 0.15) is 17.1 Å². The molecule has 32 heavy (non-hydrogen) atoms. The number of hydrogen-bond donors (Lipinski definition) is 2. The number of amides is 1. The van der Waals surface area contributed by atoms with Crippen molar-refractivity contribution in [1.29, 1.82) is 0 Å². The lowest BCUT2D eigenvalue weighted by molar-refractivity contribution is -0.140. The summed E-state index contributed by atoms with van der Waals surface area (Å²) in [6.45, 7) is 4.39. The van der Waals surface area contributed by atoms with E-state index in [0.717, 1.165) is 5.56 Å². The van der Waals surface area contributed by atoms with Crippen LogP contribution in [0.4, 0.5) is 0 Å². The minimum absolute atomic E-state index is 0.00418. The van der Waals surface area contributed by atoms with Gasteiger partial charge in [-0.05, 0) is 49.6 Å². The summed E-state index contributed by atoms with van der Waals surface area (Å²) in [6, 6.07) is 9.30. The number of aryl methyl sites for hydroxylation is 2. The quantitative estimate of drug-likeness (QED) is 0.267. The van der Waals surface area contributed by atoms with Crippen molar-refractivity contribution in [2.75, 3.05) is 20.3 Å². The second kappa shape index (κ2) is 8.47. The molecule has 8 heteroatoms. The number of aromatic hydroxyl groups is 1. The second-order valence-electron chi connectivity index (χ2n) is 7.86. The maximum atomic E-state index is 13.1. The summed E-state index contributed by atoms with van der Waals surface area (Å²) in [4.78, 5) is 32.0. The highest BCUT2D eigenvalue weighted by molar-refractivity contribution is 6.46. The van der Waals surface area contributed by atoms with Gasteiger partial charge in [-0.15, -0.1) is 0 Å². The fourth-order valence-electron chi connectivity index (χ4n) is 4.21. The molecule has 1 amide bonds. The molecule has 1 unspecified atom stereocenters. The molecular formula is C24H25N3O5. The number of nitrogens with zero attached hydrogens (tertiary/aromatic N) is 3. The van der Waals surface area contributed by atoms with Crippen LogP contribution >= 0.6 is 0 Å². The molecule has 0 radical (unpaired) electrons. The van der Waals surface area contributed by atoms with Crippen LogP contribution in [0.2, 0.25) is 0 Å². The molecule has 0 aliphatic carbocycles. The Hall–Kier alpha value is -3.65. The largest absolute Gasteiger partial charge is 0.508 e. The molecule has 2 aromatic heterocycles. The third-order valence-corrected chi connectivity index (χ3v) is 5.78. The Morgan fingerprint density at radius 1 is 1.19 bits per heavy atom. The van der Waals surface area contributed by atoms with Crippen LogP contribution in [0.3, 0.4) is 0 Å². The molecule has 1 aliphatic heterocycles. The first-order valence-electron chi connectivity index (χ1n) is 10.4. The van der Waals surface area contributed by atoms with E-state index in [1.807, 2.05) is 29.7 Å². The van der Waals surface area contributed by atoms with Crippen LogP contribution in [0.25, 0.3) is 11.4 Å². The molecule has 0 spiro atoms. The summed E-state index contributed by atoms with van der Waals surface area (Å²) in [7, 11) is 1.56. The Balaban J connectivity index is 1.91. The Kier molecular flexibility index (Phi) is 5.71. The molecule has 166 valence electrons. The van der Waals surface area contributed by atoms with Crippen LogP contribution in [0.15, 0.2) is 48.2 Å². The van der Waals surface area contributed by atoms with Crippen LogP contribution in [0.1, 0.15) is 35.0 Å². The maximum absolute atomic E-state index is 13.1. The fraction of sp³-hybridized carbons (Fsp3) is 0.292. The van der Waals surface area contributed by atoms with Crippen molar-refractivity contribution in [1.82, 2.24) is 14.3 Å². The smallest absolute Gasteiger partial charge is 0.295 e. The molecule has 3 heterocycles. The van der Waals surface area contributed by atoms with Crippen molar-refractivity contribution in [3.63, 3.8) is 0 Å². The van der Waals surface area contributed by atoms with Crippen molar-refractivity contribution >= 4 is 23.1 Å². The zero-order valence-electron chi connectivity index (χ0n) is 18.2. The fourth-order valence-corrected chi connectivity index (χ4v) is 4.21. The Morgan fingerprint density at radius 2 is 1.97 bits per heavy atom. The first kappa shape index (κ1) is 21.6. The van der Waals surface area contributed by atoms with Crippen molar-refractivity contribution in [2.45, 2.75) is 26.3 Å². The van der Waals surface area contributed by atoms with Crippen molar-refractivity contribution < 1.29 is 24.5 Å². The highest BCUT2D eigenvalue weighted by Gasteiger charge is 2.46. The van der Waals surface area contributed by atoms with Crippen molar-refractivity contribution in [3.8, 4) is 5.75 Å². The molecule has 1 fully saturated rings. The minimum Gasteiger partial charge on any atom is -0.508 e. The number of carbonyl (C=O) groups excluding carboxylic acids is 2. The summed E-state index contributed by atoms with van der Waals surface area (Å²) < 4.78 is 6.93. The molecule has 2 N–H and O–H groups in total. The summed E-state index contributed by atoms with van der Waals surface area (Å²) in [5, 5.41) is 21.3. The number of aliphatic hydroxyl groups excluding tert-OH is 1. The number of carbonyl (C=O) groups is 2. The van der Waals surface area contributed by atoms with E-state index in [1.165, 1.54) is 17.0 Å². The van der Waals surface area contributed by atoms with Gasteiger partial charge in [0.05, 0.1) is 17.3 Å².